The van der Waals surface area contributed by atoms with Crippen LogP contribution in [0.1, 0.15) is 99.2 Å². The van der Waals surface area contributed by atoms with E-state index in [1.165, 1.54) is 5.56 Å². The molecule has 0 spiro atoms. The average molecular weight is 824 g/mol. The molecule has 0 saturated carbocycles. The highest BCUT2D eigenvalue weighted by Crippen LogP contribution is 2.40. The topological polar surface area (TPSA) is 231 Å². The van der Waals surface area contributed by atoms with Gasteiger partial charge in [-0.1, -0.05) is 48.5 Å². The molecule has 0 amide bonds. The summed E-state index contributed by atoms with van der Waals surface area (Å²) < 4.78 is 34.1. The number of benzene rings is 4. The van der Waals surface area contributed by atoms with Gasteiger partial charge in [0.25, 0.3) is 0 Å². The van der Waals surface area contributed by atoms with Crippen LogP contribution in [0.15, 0.2) is 48.5 Å². The molecule has 0 bridgehead atoms. The van der Waals surface area contributed by atoms with Gasteiger partial charge in [-0.25, -0.2) is 0 Å². The summed E-state index contributed by atoms with van der Waals surface area (Å²) in [7, 11) is 0. The molecule has 60 heavy (non-hydrogen) atoms. The molecule has 5 unspecified atom stereocenters. The molecule has 3 saturated heterocycles. The van der Waals surface area contributed by atoms with E-state index in [0.717, 1.165) is 72.9 Å². The van der Waals surface area contributed by atoms with Crippen molar-refractivity contribution in [1.82, 2.24) is 0 Å². The van der Waals surface area contributed by atoms with Gasteiger partial charge in [-0.3, -0.25) is 0 Å². The van der Waals surface area contributed by atoms with Crippen molar-refractivity contribution in [2.45, 2.75) is 119 Å². The molecule has 0 aliphatic carbocycles. The van der Waals surface area contributed by atoms with Gasteiger partial charge in [0.05, 0.1) is 46.6 Å². The zero-order valence-electron chi connectivity index (χ0n) is 36.9. The Morgan fingerprint density at radius 1 is 0.550 bits per heavy atom. The molecule has 4 aromatic carbocycles. The van der Waals surface area contributed by atoms with Crippen molar-refractivity contribution in [3.63, 3.8) is 0 Å². The number of nitrogens with zero attached hydrogens (tertiary/aromatic N) is 3. The summed E-state index contributed by atoms with van der Waals surface area (Å²) >= 11 is 0. The maximum atomic E-state index is 9.26. The molecule has 3 fully saturated rings. The summed E-state index contributed by atoms with van der Waals surface area (Å²) in [5.41, 5.74) is 12.2. The van der Waals surface area contributed by atoms with Crippen LogP contribution in [0.4, 0.5) is 0 Å². The lowest BCUT2D eigenvalue weighted by Crippen LogP contribution is -2.13. The van der Waals surface area contributed by atoms with Gasteiger partial charge in [0, 0.05) is 16.7 Å². The molecule has 7 rings (SSSR count). The van der Waals surface area contributed by atoms with E-state index < -0.39 is 0 Å². The standard InChI is InChI=1S/C19H19NO2.C15H19NO2.C14H17NO2.3H2O/c1-12-9-13(2)18(14(3)16(12)10-20)21-11-17-19(22-17)15-7-5-4-6-8-15;1-9-6-10(2)14(11(3)12(9)7-16)17-8-13-15(4,5)18-13;1-8-5-9(2)14(10(3)12(8)6-15)16-7-13-11(4)17-13;;;/h4-9,17,19H,11H2,1-3H3;6,13H,8H2,1-5H3;5,11,13H,7H2,1-4H3;3*1H2. The van der Waals surface area contributed by atoms with Gasteiger partial charge >= 0.3 is 0 Å². The highest BCUT2D eigenvalue weighted by molar-refractivity contribution is 5.56. The van der Waals surface area contributed by atoms with Crippen LogP contribution >= 0.6 is 0 Å². The number of hydrogen-bond donors (Lipinski definition) is 0. The van der Waals surface area contributed by atoms with E-state index in [4.69, 9.17) is 38.9 Å². The number of hydrogen-bond acceptors (Lipinski definition) is 9. The van der Waals surface area contributed by atoms with Crippen molar-refractivity contribution in [1.29, 1.82) is 15.8 Å². The molecule has 3 aliphatic heterocycles. The zero-order chi connectivity index (χ0) is 41.8. The van der Waals surface area contributed by atoms with Gasteiger partial charge in [-0.15, -0.1) is 0 Å². The lowest BCUT2D eigenvalue weighted by Gasteiger charge is -2.14. The van der Waals surface area contributed by atoms with Gasteiger partial charge < -0.3 is 44.8 Å². The normalized spacial score (nSPS) is 19.5. The van der Waals surface area contributed by atoms with Crippen LogP contribution < -0.4 is 14.2 Å². The fourth-order valence-electron chi connectivity index (χ4n) is 7.35. The first-order valence-electron chi connectivity index (χ1n) is 19.5. The predicted molar refractivity (Wildman–Crippen MR) is 231 cm³/mol. The summed E-state index contributed by atoms with van der Waals surface area (Å²) in [5.74, 6) is 2.46. The highest BCUT2D eigenvalue weighted by Gasteiger charge is 2.48. The van der Waals surface area contributed by atoms with E-state index in [1.807, 2.05) is 106 Å². The molecule has 6 N–H and O–H groups in total. The summed E-state index contributed by atoms with van der Waals surface area (Å²) in [5, 5.41) is 27.5. The van der Waals surface area contributed by atoms with Crippen LogP contribution in [0.3, 0.4) is 0 Å². The lowest BCUT2D eigenvalue weighted by molar-refractivity contribution is 0.252. The number of ether oxygens (including phenoxy) is 6. The number of epoxide rings is 3. The van der Waals surface area contributed by atoms with Crippen LogP contribution in [-0.2, 0) is 14.2 Å². The zero-order valence-corrected chi connectivity index (χ0v) is 36.9. The minimum absolute atomic E-state index is 0. The smallest absolute Gasteiger partial charge is 0.126 e. The molecule has 3 heterocycles. The third-order valence-electron chi connectivity index (χ3n) is 10.9. The van der Waals surface area contributed by atoms with E-state index in [2.05, 4.69) is 44.2 Å². The third-order valence-corrected chi connectivity index (χ3v) is 10.9. The van der Waals surface area contributed by atoms with Crippen LogP contribution in [0.2, 0.25) is 0 Å². The first kappa shape index (κ1) is 50.7. The second-order valence-corrected chi connectivity index (χ2v) is 15.9. The first-order chi connectivity index (χ1) is 27.0. The van der Waals surface area contributed by atoms with Gasteiger partial charge in [-0.05, 0) is 122 Å². The van der Waals surface area contributed by atoms with Gasteiger partial charge in [0.2, 0.25) is 0 Å². The fourth-order valence-corrected chi connectivity index (χ4v) is 7.35. The van der Waals surface area contributed by atoms with Gasteiger partial charge in [0.1, 0.15) is 61.5 Å². The maximum Gasteiger partial charge on any atom is 0.126 e. The molecule has 0 aromatic heterocycles. The Kier molecular flexibility index (Phi) is 17.9. The molecule has 5 atom stereocenters. The molecule has 4 aromatic rings. The van der Waals surface area contributed by atoms with Crippen molar-refractivity contribution in [3.8, 4) is 35.5 Å². The lowest BCUT2D eigenvalue weighted by atomic mass is 9.99. The predicted octanol–water partition coefficient (Wildman–Crippen LogP) is 7.22. The van der Waals surface area contributed by atoms with Crippen molar-refractivity contribution in [3.05, 3.63) is 121 Å². The number of nitriles is 3. The minimum atomic E-state index is -0.0649. The third kappa shape index (κ3) is 11.8. The Hall–Kier alpha value is -5.49. The van der Waals surface area contributed by atoms with E-state index >= 15 is 0 Å². The monoisotopic (exact) mass is 823 g/mol. The van der Waals surface area contributed by atoms with Gasteiger partial charge in [0.15, 0.2) is 0 Å². The van der Waals surface area contributed by atoms with Crippen LogP contribution in [0.25, 0.3) is 0 Å². The van der Waals surface area contributed by atoms with Crippen LogP contribution in [0, 0.1) is 96.3 Å². The minimum Gasteiger partial charge on any atom is -0.490 e. The SMILES string of the molecule is Cc1cc(C)c(OCC2OC2(C)C)c(C)c1C#N.Cc1cc(C)c(OCC2OC2C)c(C)c1C#N.Cc1cc(C)c(OCC2OC2c2ccccc2)c(C)c1C#N.O.O.O. The average Bonchev–Trinajstić information content (AvgIpc) is 4.11. The van der Waals surface area contributed by atoms with E-state index in [0.29, 0.717) is 37.1 Å². The molecule has 322 valence electrons. The highest BCUT2D eigenvalue weighted by atomic mass is 16.6. The Labute approximate surface area is 355 Å². The Morgan fingerprint density at radius 3 is 1.23 bits per heavy atom. The van der Waals surface area contributed by atoms with Crippen molar-refractivity contribution in [2.24, 2.45) is 0 Å². The number of aryl methyl sites for hydroxylation is 6. The maximum absolute atomic E-state index is 9.26. The van der Waals surface area contributed by atoms with E-state index in [-0.39, 0.29) is 46.4 Å². The Balaban J connectivity index is 0.000000306. The molecule has 12 heteroatoms. The second kappa shape index (κ2) is 21.2. The summed E-state index contributed by atoms with van der Waals surface area (Å²) in [6, 6.07) is 22.9. The molecule has 3 aliphatic rings. The second-order valence-electron chi connectivity index (χ2n) is 15.9. The number of rotatable bonds is 10. The fraction of sp³-hybridized carbons (Fsp3) is 0.438. The van der Waals surface area contributed by atoms with E-state index in [1.54, 1.807) is 0 Å². The van der Waals surface area contributed by atoms with Crippen molar-refractivity contribution in [2.75, 3.05) is 19.8 Å². The van der Waals surface area contributed by atoms with Gasteiger partial charge in [-0.2, -0.15) is 15.8 Å². The summed E-state index contributed by atoms with van der Waals surface area (Å²) in [4.78, 5) is 0. The van der Waals surface area contributed by atoms with Crippen LogP contribution in [0.5, 0.6) is 17.2 Å². The summed E-state index contributed by atoms with van der Waals surface area (Å²) in [6.45, 7) is 25.5. The molecule has 0 radical (unpaired) electrons. The Bertz CT molecular complexity index is 2250. The first-order valence-corrected chi connectivity index (χ1v) is 19.5. The largest absolute Gasteiger partial charge is 0.490 e. The van der Waals surface area contributed by atoms with Crippen molar-refractivity contribution < 1.29 is 44.8 Å². The van der Waals surface area contributed by atoms with E-state index in [9.17, 15) is 5.26 Å². The molecular formula is C48H61N3O9. The summed E-state index contributed by atoms with van der Waals surface area (Å²) in [6.07, 6.45) is 0.885. The molecule has 12 nitrogen and oxygen atoms in total. The van der Waals surface area contributed by atoms with Crippen LogP contribution in [-0.4, -0.2) is 66.3 Å². The Morgan fingerprint density at radius 2 is 0.900 bits per heavy atom. The van der Waals surface area contributed by atoms with Crippen molar-refractivity contribution >= 4 is 0 Å². The molecular weight excluding hydrogens is 763 g/mol. The quantitative estimate of drug-likeness (QED) is 0.147.